The zero-order valence-electron chi connectivity index (χ0n) is 15.9. The van der Waals surface area contributed by atoms with Crippen molar-refractivity contribution < 1.29 is 14.3 Å². The molecule has 0 bridgehead atoms. The van der Waals surface area contributed by atoms with E-state index < -0.39 is 6.04 Å². The Balaban J connectivity index is 1.56. The molecule has 0 saturated carbocycles. The Morgan fingerprint density at radius 1 is 1.15 bits per heavy atom. The molecular weight excluding hydrogens is 340 g/mol. The van der Waals surface area contributed by atoms with E-state index in [0.717, 1.165) is 19.3 Å². The number of carbonyl (C=O) groups is 2. The summed E-state index contributed by atoms with van der Waals surface area (Å²) in [6, 6.07) is 16.9. The molecule has 0 fully saturated rings. The molecule has 0 spiro atoms. The first-order valence-corrected chi connectivity index (χ1v) is 9.38. The Bertz CT molecular complexity index is 791. The second-order valence-electron chi connectivity index (χ2n) is 6.95. The van der Waals surface area contributed by atoms with Gasteiger partial charge in [0, 0.05) is 7.05 Å². The van der Waals surface area contributed by atoms with Crippen molar-refractivity contribution in [1.82, 2.24) is 10.2 Å². The molecule has 2 atom stereocenters. The molecule has 142 valence electrons. The Labute approximate surface area is 160 Å². The smallest absolute Gasteiger partial charge is 0.258 e. The lowest BCUT2D eigenvalue weighted by Gasteiger charge is -2.34. The number of hydrogen-bond donors (Lipinski definition) is 1. The summed E-state index contributed by atoms with van der Waals surface area (Å²) >= 11 is 0. The van der Waals surface area contributed by atoms with Crippen molar-refractivity contribution in [2.24, 2.45) is 0 Å². The van der Waals surface area contributed by atoms with Crippen LogP contribution in [0.1, 0.15) is 36.9 Å². The maximum absolute atomic E-state index is 12.8. The summed E-state index contributed by atoms with van der Waals surface area (Å²) in [4.78, 5) is 26.7. The fourth-order valence-electron chi connectivity index (χ4n) is 3.60. The number of nitrogens with zero attached hydrogens (tertiary/aromatic N) is 1. The molecule has 3 rings (SSSR count). The Hall–Kier alpha value is -2.82. The lowest BCUT2D eigenvalue weighted by Crippen LogP contribution is -2.48. The number of fused-ring (bicyclic) bond motifs is 1. The molecule has 2 unspecified atom stereocenters. The number of rotatable bonds is 6. The number of benzene rings is 2. The number of aryl methyl sites for hydroxylation is 1. The van der Waals surface area contributed by atoms with E-state index in [1.807, 2.05) is 37.4 Å². The van der Waals surface area contributed by atoms with Gasteiger partial charge in [-0.2, -0.15) is 0 Å². The molecule has 1 aliphatic rings. The van der Waals surface area contributed by atoms with E-state index in [-0.39, 0.29) is 24.5 Å². The van der Waals surface area contributed by atoms with Gasteiger partial charge in [0.1, 0.15) is 11.8 Å². The van der Waals surface area contributed by atoms with Crippen molar-refractivity contribution in [3.63, 3.8) is 0 Å². The Morgan fingerprint density at radius 2 is 1.85 bits per heavy atom. The normalized spacial score (nSPS) is 16.7. The number of ether oxygens (including phenoxy) is 1. The number of likely N-dealkylation sites (N-methyl/N-ethyl adjacent to an activating group) is 1. The van der Waals surface area contributed by atoms with Gasteiger partial charge >= 0.3 is 0 Å². The van der Waals surface area contributed by atoms with Gasteiger partial charge in [-0.15, -0.1) is 0 Å². The molecule has 27 heavy (non-hydrogen) atoms. The summed E-state index contributed by atoms with van der Waals surface area (Å²) in [6.45, 7) is 1.60. The van der Waals surface area contributed by atoms with Gasteiger partial charge in [0.15, 0.2) is 6.61 Å². The van der Waals surface area contributed by atoms with Crippen molar-refractivity contribution in [1.29, 1.82) is 0 Å². The summed E-state index contributed by atoms with van der Waals surface area (Å²) in [5, 5.41) is 2.74. The molecule has 0 radical (unpaired) electrons. The van der Waals surface area contributed by atoms with E-state index in [0.29, 0.717) is 5.75 Å². The van der Waals surface area contributed by atoms with E-state index >= 15 is 0 Å². The highest BCUT2D eigenvalue weighted by molar-refractivity contribution is 5.88. The topological polar surface area (TPSA) is 58.6 Å². The van der Waals surface area contributed by atoms with E-state index in [9.17, 15) is 9.59 Å². The largest absolute Gasteiger partial charge is 0.484 e. The third-order valence-corrected chi connectivity index (χ3v) is 5.01. The molecule has 1 aliphatic carbocycles. The molecular formula is C22H26N2O3. The standard InChI is InChI=1S/C22H26N2O3/c1-16(23-21(25)15-27-18-11-4-3-5-12-18)22(26)24(2)20-14-8-10-17-9-6-7-13-19(17)20/h3-7,9,11-13,16,20H,8,10,14-15H2,1-2H3,(H,23,25). The van der Waals surface area contributed by atoms with Gasteiger partial charge in [0.25, 0.3) is 5.91 Å². The maximum Gasteiger partial charge on any atom is 0.258 e. The predicted octanol–water partition coefficient (Wildman–Crippen LogP) is 3.11. The summed E-state index contributed by atoms with van der Waals surface area (Å²) in [5.41, 5.74) is 2.52. The first kappa shape index (κ1) is 19.0. The van der Waals surface area contributed by atoms with Crippen LogP contribution in [-0.4, -0.2) is 36.4 Å². The molecule has 2 aromatic carbocycles. The summed E-state index contributed by atoms with van der Waals surface area (Å²) < 4.78 is 5.43. The van der Waals surface area contributed by atoms with Crippen molar-refractivity contribution in [3.05, 3.63) is 65.7 Å². The Kier molecular flexibility index (Phi) is 6.12. The van der Waals surface area contributed by atoms with Crippen LogP contribution in [0.4, 0.5) is 0 Å². The van der Waals surface area contributed by atoms with Crippen LogP contribution in [0, 0.1) is 0 Å². The quantitative estimate of drug-likeness (QED) is 0.855. The van der Waals surface area contributed by atoms with Crippen LogP contribution in [0.5, 0.6) is 5.75 Å². The molecule has 0 saturated heterocycles. The molecule has 2 aromatic rings. The zero-order valence-corrected chi connectivity index (χ0v) is 15.9. The molecule has 5 heteroatoms. The summed E-state index contributed by atoms with van der Waals surface area (Å²) in [5.74, 6) is 0.226. The zero-order chi connectivity index (χ0) is 19.2. The van der Waals surface area contributed by atoms with Gasteiger partial charge in [-0.3, -0.25) is 9.59 Å². The van der Waals surface area contributed by atoms with Crippen LogP contribution >= 0.6 is 0 Å². The predicted molar refractivity (Wildman–Crippen MR) is 104 cm³/mol. The average molecular weight is 366 g/mol. The fourth-order valence-corrected chi connectivity index (χ4v) is 3.60. The Morgan fingerprint density at radius 3 is 2.63 bits per heavy atom. The lowest BCUT2D eigenvalue weighted by atomic mass is 9.87. The highest BCUT2D eigenvalue weighted by atomic mass is 16.5. The fraction of sp³-hybridized carbons (Fsp3) is 0.364. The number of para-hydroxylation sites is 1. The molecule has 2 amide bonds. The van der Waals surface area contributed by atoms with Gasteiger partial charge in [-0.05, 0) is 49.4 Å². The van der Waals surface area contributed by atoms with Crippen LogP contribution in [0.25, 0.3) is 0 Å². The molecule has 1 N–H and O–H groups in total. The third-order valence-electron chi connectivity index (χ3n) is 5.01. The molecule has 0 heterocycles. The van der Waals surface area contributed by atoms with Crippen molar-refractivity contribution in [3.8, 4) is 5.75 Å². The highest BCUT2D eigenvalue weighted by Crippen LogP contribution is 2.33. The van der Waals surface area contributed by atoms with E-state index in [2.05, 4.69) is 17.4 Å². The van der Waals surface area contributed by atoms with Crippen LogP contribution in [-0.2, 0) is 16.0 Å². The number of nitrogens with one attached hydrogen (secondary N) is 1. The third kappa shape index (κ3) is 4.67. The monoisotopic (exact) mass is 366 g/mol. The first-order valence-electron chi connectivity index (χ1n) is 9.38. The number of amides is 2. The van der Waals surface area contributed by atoms with Crippen molar-refractivity contribution in [2.45, 2.75) is 38.3 Å². The van der Waals surface area contributed by atoms with Crippen LogP contribution in [0.2, 0.25) is 0 Å². The minimum absolute atomic E-state index is 0.0578. The first-order chi connectivity index (χ1) is 13.1. The molecule has 0 aliphatic heterocycles. The minimum Gasteiger partial charge on any atom is -0.484 e. The van der Waals surface area contributed by atoms with Gasteiger partial charge in [-0.25, -0.2) is 0 Å². The number of carbonyl (C=O) groups excluding carboxylic acids is 2. The second-order valence-corrected chi connectivity index (χ2v) is 6.95. The number of hydrogen-bond acceptors (Lipinski definition) is 3. The van der Waals surface area contributed by atoms with Crippen LogP contribution < -0.4 is 10.1 Å². The van der Waals surface area contributed by atoms with Gasteiger partial charge in [-0.1, -0.05) is 42.5 Å². The van der Waals surface area contributed by atoms with Gasteiger partial charge < -0.3 is 15.0 Å². The van der Waals surface area contributed by atoms with Gasteiger partial charge in [0.2, 0.25) is 5.91 Å². The molecule has 0 aromatic heterocycles. The second kappa shape index (κ2) is 8.71. The lowest BCUT2D eigenvalue weighted by molar-refractivity contribution is -0.137. The van der Waals surface area contributed by atoms with E-state index in [4.69, 9.17) is 4.74 Å². The SMILES string of the molecule is CC(NC(=O)COc1ccccc1)C(=O)N(C)C1CCCc2ccccc21. The summed E-state index contributed by atoms with van der Waals surface area (Å²) in [7, 11) is 1.82. The minimum atomic E-state index is -0.601. The van der Waals surface area contributed by atoms with E-state index in [1.54, 1.807) is 24.0 Å². The van der Waals surface area contributed by atoms with Gasteiger partial charge in [0.05, 0.1) is 6.04 Å². The average Bonchev–Trinajstić information content (AvgIpc) is 2.71. The molecule has 5 nitrogen and oxygen atoms in total. The van der Waals surface area contributed by atoms with E-state index in [1.165, 1.54) is 11.1 Å². The van der Waals surface area contributed by atoms with Crippen molar-refractivity contribution in [2.75, 3.05) is 13.7 Å². The summed E-state index contributed by atoms with van der Waals surface area (Å²) in [6.07, 6.45) is 3.06. The highest BCUT2D eigenvalue weighted by Gasteiger charge is 2.29. The van der Waals surface area contributed by atoms with Crippen LogP contribution in [0.3, 0.4) is 0 Å². The maximum atomic E-state index is 12.8. The van der Waals surface area contributed by atoms with Crippen molar-refractivity contribution >= 4 is 11.8 Å². The van der Waals surface area contributed by atoms with Crippen LogP contribution in [0.15, 0.2) is 54.6 Å².